The highest BCUT2D eigenvalue weighted by molar-refractivity contribution is 5.48. The zero-order valence-electron chi connectivity index (χ0n) is 11.1. The minimum absolute atomic E-state index is 0.124. The molecule has 7 heteroatoms. The molecular weight excluding hydrogens is 271 g/mol. The fourth-order valence-corrected chi connectivity index (χ4v) is 1.75. The smallest absolute Gasteiger partial charge is 0.395 e. The molecule has 1 aromatic rings. The van der Waals surface area contributed by atoms with E-state index < -0.39 is 17.3 Å². The highest BCUT2D eigenvalue weighted by Gasteiger charge is 2.34. The molecule has 110 valence electrons. The monoisotopic (exact) mass is 287 g/mol. The summed E-state index contributed by atoms with van der Waals surface area (Å²) in [5.41, 5.74) is -1.50. The molecule has 0 bridgehead atoms. The lowest BCUT2D eigenvalue weighted by Gasteiger charge is -2.23. The van der Waals surface area contributed by atoms with Gasteiger partial charge >= 0.3 is 6.18 Å². The van der Waals surface area contributed by atoms with Crippen LogP contribution in [0.25, 0.3) is 0 Å². The van der Waals surface area contributed by atoms with Gasteiger partial charge in [0, 0.05) is 19.3 Å². The summed E-state index contributed by atoms with van der Waals surface area (Å²) >= 11 is 0. The van der Waals surface area contributed by atoms with Gasteiger partial charge in [0.25, 0.3) is 0 Å². The van der Waals surface area contributed by atoms with Crippen molar-refractivity contribution in [3.05, 3.63) is 23.4 Å². The summed E-state index contributed by atoms with van der Waals surface area (Å²) in [4.78, 5) is 5.47. The van der Waals surface area contributed by atoms with Gasteiger partial charge < -0.3 is 10.0 Å². The number of hydrogen-bond donors (Lipinski definition) is 1. The number of hydrogen-bond acceptors (Lipinski definition) is 4. The van der Waals surface area contributed by atoms with Crippen LogP contribution in [0.5, 0.6) is 0 Å². The molecule has 0 aromatic carbocycles. The normalized spacial score (nSPS) is 11.2. The van der Waals surface area contributed by atoms with Gasteiger partial charge in [-0.3, -0.25) is 0 Å². The molecule has 0 unspecified atom stereocenters. The van der Waals surface area contributed by atoms with Crippen LogP contribution in [0, 0.1) is 11.3 Å². The highest BCUT2D eigenvalue weighted by atomic mass is 19.4. The van der Waals surface area contributed by atoms with Gasteiger partial charge in [0.15, 0.2) is 0 Å². The van der Waals surface area contributed by atoms with Crippen molar-refractivity contribution < 1.29 is 18.3 Å². The molecule has 0 aliphatic heterocycles. The van der Waals surface area contributed by atoms with E-state index in [2.05, 4.69) is 4.98 Å². The number of pyridine rings is 1. The lowest BCUT2D eigenvalue weighted by Crippen LogP contribution is -2.29. The first-order valence-electron chi connectivity index (χ1n) is 6.27. The van der Waals surface area contributed by atoms with Crippen molar-refractivity contribution >= 4 is 5.82 Å². The number of nitrogens with zero attached hydrogens (tertiary/aromatic N) is 3. The molecule has 0 radical (unpaired) electrons. The maximum atomic E-state index is 12.9. The molecule has 1 aromatic heterocycles. The Morgan fingerprint density at radius 1 is 1.40 bits per heavy atom. The first kappa shape index (κ1) is 16.2. The zero-order chi connectivity index (χ0) is 15.2. The first-order chi connectivity index (χ1) is 9.43. The lowest BCUT2D eigenvalue weighted by molar-refractivity contribution is -0.137. The zero-order valence-corrected chi connectivity index (χ0v) is 11.1. The van der Waals surface area contributed by atoms with Crippen molar-refractivity contribution in [2.45, 2.75) is 25.9 Å². The average Bonchev–Trinajstić information content (AvgIpc) is 2.42. The first-order valence-corrected chi connectivity index (χ1v) is 6.27. The molecule has 0 aliphatic rings. The fraction of sp³-hybridized carbons (Fsp3) is 0.538. The Morgan fingerprint density at radius 2 is 2.10 bits per heavy atom. The van der Waals surface area contributed by atoms with Crippen LogP contribution in [0.4, 0.5) is 19.0 Å². The van der Waals surface area contributed by atoms with Crippen molar-refractivity contribution in [2.24, 2.45) is 0 Å². The summed E-state index contributed by atoms with van der Waals surface area (Å²) in [6.45, 7) is 2.50. The minimum Gasteiger partial charge on any atom is -0.395 e. The standard InChI is InChI=1S/C13H16F3N3O/c1-2-3-4-19(5-6-20)12-7-11(13(14,15)16)10(8-17)9-18-12/h7,9,20H,2-6H2,1H3. The Hall–Kier alpha value is -1.81. The van der Waals surface area contributed by atoms with Crippen molar-refractivity contribution in [3.8, 4) is 6.07 Å². The highest BCUT2D eigenvalue weighted by Crippen LogP contribution is 2.33. The number of aliphatic hydroxyl groups excluding tert-OH is 1. The van der Waals surface area contributed by atoms with E-state index in [0.29, 0.717) is 6.54 Å². The van der Waals surface area contributed by atoms with Gasteiger partial charge in [-0.25, -0.2) is 4.98 Å². The molecule has 4 nitrogen and oxygen atoms in total. The molecule has 0 fully saturated rings. The van der Waals surface area contributed by atoms with Crippen LogP contribution < -0.4 is 4.90 Å². The van der Waals surface area contributed by atoms with Gasteiger partial charge in [0.1, 0.15) is 11.9 Å². The van der Waals surface area contributed by atoms with E-state index in [1.807, 2.05) is 6.92 Å². The predicted molar refractivity (Wildman–Crippen MR) is 68.2 cm³/mol. The van der Waals surface area contributed by atoms with E-state index in [1.165, 1.54) is 6.07 Å². The molecule has 20 heavy (non-hydrogen) atoms. The van der Waals surface area contributed by atoms with Crippen LogP contribution in [-0.2, 0) is 6.18 Å². The third-order valence-corrected chi connectivity index (χ3v) is 2.79. The second kappa shape index (κ2) is 7.10. The number of halogens is 3. The number of aliphatic hydroxyl groups is 1. The molecule has 0 amide bonds. The molecule has 1 N–H and O–H groups in total. The summed E-state index contributed by atoms with van der Waals surface area (Å²) in [7, 11) is 0. The summed E-state index contributed by atoms with van der Waals surface area (Å²) in [5.74, 6) is 0.124. The fourth-order valence-electron chi connectivity index (χ4n) is 1.75. The number of nitriles is 1. The third-order valence-electron chi connectivity index (χ3n) is 2.79. The molecule has 0 atom stereocenters. The molecule has 0 saturated carbocycles. The Labute approximate surface area is 115 Å². The van der Waals surface area contributed by atoms with Crippen LogP contribution in [0.2, 0.25) is 0 Å². The van der Waals surface area contributed by atoms with Gasteiger partial charge in [-0.05, 0) is 12.5 Å². The summed E-state index contributed by atoms with van der Waals surface area (Å²) in [6, 6.07) is 2.36. The largest absolute Gasteiger partial charge is 0.417 e. The molecular formula is C13H16F3N3O. The number of unbranched alkanes of at least 4 members (excludes halogenated alkanes) is 1. The van der Waals surface area contributed by atoms with Crippen LogP contribution in [0.3, 0.4) is 0 Å². The molecule has 0 spiro atoms. The number of aromatic nitrogens is 1. The SMILES string of the molecule is CCCCN(CCO)c1cc(C(F)(F)F)c(C#N)cn1. The Balaban J connectivity index is 3.14. The molecule has 1 heterocycles. The Morgan fingerprint density at radius 3 is 2.60 bits per heavy atom. The van der Waals surface area contributed by atoms with Crippen molar-refractivity contribution in [1.29, 1.82) is 5.26 Å². The van der Waals surface area contributed by atoms with E-state index in [9.17, 15) is 13.2 Å². The third kappa shape index (κ3) is 4.10. The van der Waals surface area contributed by atoms with Crippen LogP contribution >= 0.6 is 0 Å². The summed E-state index contributed by atoms with van der Waals surface area (Å²) in [5, 5.41) is 17.7. The number of anilines is 1. The van der Waals surface area contributed by atoms with Crippen molar-refractivity contribution in [1.82, 2.24) is 4.98 Å². The molecule has 0 saturated heterocycles. The van der Waals surface area contributed by atoms with E-state index in [4.69, 9.17) is 10.4 Å². The summed E-state index contributed by atoms with van der Waals surface area (Å²) in [6.07, 6.45) is -2.01. The van der Waals surface area contributed by atoms with Gasteiger partial charge in [-0.2, -0.15) is 18.4 Å². The Bertz CT molecular complexity index is 483. The van der Waals surface area contributed by atoms with Crippen LogP contribution in [0.15, 0.2) is 12.3 Å². The van der Waals surface area contributed by atoms with Gasteiger partial charge in [-0.15, -0.1) is 0 Å². The second-order valence-corrected chi connectivity index (χ2v) is 4.26. The van der Waals surface area contributed by atoms with Crippen LogP contribution in [-0.4, -0.2) is 29.8 Å². The maximum Gasteiger partial charge on any atom is 0.417 e. The van der Waals surface area contributed by atoms with E-state index in [-0.39, 0.29) is 19.0 Å². The quantitative estimate of drug-likeness (QED) is 0.873. The summed E-state index contributed by atoms with van der Waals surface area (Å²) < 4.78 is 38.6. The topological polar surface area (TPSA) is 60.1 Å². The average molecular weight is 287 g/mol. The van der Waals surface area contributed by atoms with Crippen molar-refractivity contribution in [2.75, 3.05) is 24.6 Å². The van der Waals surface area contributed by atoms with Gasteiger partial charge in [0.2, 0.25) is 0 Å². The van der Waals surface area contributed by atoms with E-state index in [0.717, 1.165) is 25.1 Å². The Kier molecular flexibility index (Phi) is 5.77. The van der Waals surface area contributed by atoms with Gasteiger partial charge in [0.05, 0.1) is 17.7 Å². The molecule has 0 aliphatic carbocycles. The van der Waals surface area contributed by atoms with E-state index in [1.54, 1.807) is 4.90 Å². The van der Waals surface area contributed by atoms with Crippen LogP contribution in [0.1, 0.15) is 30.9 Å². The predicted octanol–water partition coefficient (Wildman–Crippen LogP) is 2.57. The number of alkyl halides is 3. The van der Waals surface area contributed by atoms with E-state index >= 15 is 0 Å². The van der Waals surface area contributed by atoms with Gasteiger partial charge in [-0.1, -0.05) is 13.3 Å². The maximum absolute atomic E-state index is 12.9. The number of rotatable bonds is 6. The minimum atomic E-state index is -4.60. The lowest BCUT2D eigenvalue weighted by atomic mass is 10.1. The second-order valence-electron chi connectivity index (χ2n) is 4.26. The molecule has 1 rings (SSSR count). The van der Waals surface area contributed by atoms with Crippen molar-refractivity contribution in [3.63, 3.8) is 0 Å².